The zero-order chi connectivity index (χ0) is 16.9. The molecule has 24 heavy (non-hydrogen) atoms. The number of benzene rings is 1. The highest BCUT2D eigenvalue weighted by molar-refractivity contribution is 8.00. The molecule has 0 unspecified atom stereocenters. The van der Waals surface area contributed by atoms with Gasteiger partial charge in [-0.25, -0.2) is 4.98 Å². The number of Topliss-reactive ketones (excluding diaryl/α,β-unsaturated/α-hetero) is 1. The molecule has 5 heteroatoms. The highest BCUT2D eigenvalue weighted by Gasteiger charge is 2.16. The Morgan fingerprint density at radius 1 is 1.29 bits per heavy atom. The van der Waals surface area contributed by atoms with Gasteiger partial charge < -0.3 is 4.74 Å². The quantitative estimate of drug-likeness (QED) is 0.613. The van der Waals surface area contributed by atoms with Crippen molar-refractivity contribution in [2.24, 2.45) is 0 Å². The predicted molar refractivity (Wildman–Crippen MR) is 93.6 cm³/mol. The van der Waals surface area contributed by atoms with Gasteiger partial charge in [-0.2, -0.15) is 5.26 Å². The standard InChI is InChI=1S/C19H18N2O2S/c1-23-16-8-6-13(7-9-16)18(22)12-24-19-15(11-20)10-14-4-2-3-5-17(14)21-19/h6-10H,2-5,12H2,1H3. The molecule has 122 valence electrons. The maximum atomic E-state index is 12.3. The van der Waals surface area contributed by atoms with E-state index in [9.17, 15) is 10.1 Å². The van der Waals surface area contributed by atoms with E-state index in [0.717, 1.165) is 37.1 Å². The van der Waals surface area contributed by atoms with Gasteiger partial charge in [0.2, 0.25) is 0 Å². The Kier molecular flexibility index (Phi) is 5.17. The third-order valence-electron chi connectivity index (χ3n) is 4.14. The summed E-state index contributed by atoms with van der Waals surface area (Å²) in [5, 5.41) is 10.0. The number of ketones is 1. The molecule has 1 aliphatic rings. The van der Waals surface area contributed by atoms with E-state index in [2.05, 4.69) is 11.1 Å². The topological polar surface area (TPSA) is 63.0 Å². The molecular weight excluding hydrogens is 320 g/mol. The molecule has 0 amide bonds. The number of ether oxygens (including phenoxy) is 1. The van der Waals surface area contributed by atoms with E-state index in [-0.39, 0.29) is 11.5 Å². The Bertz CT molecular complexity index is 794. The number of nitriles is 1. The van der Waals surface area contributed by atoms with Crippen LogP contribution in [0.4, 0.5) is 0 Å². The molecule has 0 bridgehead atoms. The Hall–Kier alpha value is -2.32. The van der Waals surface area contributed by atoms with Gasteiger partial charge in [-0.05, 0) is 61.6 Å². The van der Waals surface area contributed by atoms with Crippen LogP contribution in [0.1, 0.15) is 40.0 Å². The number of methoxy groups -OCH3 is 1. The molecule has 0 spiro atoms. The highest BCUT2D eigenvalue weighted by Crippen LogP contribution is 2.27. The summed E-state index contributed by atoms with van der Waals surface area (Å²) in [6, 6.07) is 11.2. The van der Waals surface area contributed by atoms with Crippen LogP contribution < -0.4 is 4.74 Å². The molecule has 0 N–H and O–H groups in total. The van der Waals surface area contributed by atoms with Gasteiger partial charge >= 0.3 is 0 Å². The molecule has 1 aromatic carbocycles. The monoisotopic (exact) mass is 338 g/mol. The largest absolute Gasteiger partial charge is 0.497 e. The first-order valence-electron chi connectivity index (χ1n) is 7.94. The number of nitrogens with zero attached hydrogens (tertiary/aromatic N) is 2. The molecule has 2 aromatic rings. The zero-order valence-electron chi connectivity index (χ0n) is 13.5. The second-order valence-corrected chi connectivity index (χ2v) is 6.67. The lowest BCUT2D eigenvalue weighted by atomic mass is 9.95. The molecule has 3 rings (SSSR count). The number of fused-ring (bicyclic) bond motifs is 1. The Labute approximate surface area is 145 Å². The summed E-state index contributed by atoms with van der Waals surface area (Å²) in [4.78, 5) is 17.0. The molecule has 1 aromatic heterocycles. The van der Waals surface area contributed by atoms with Crippen molar-refractivity contribution >= 4 is 17.5 Å². The molecule has 0 saturated carbocycles. The van der Waals surface area contributed by atoms with Crippen molar-refractivity contribution in [2.75, 3.05) is 12.9 Å². The SMILES string of the molecule is COc1ccc(C(=O)CSc2nc3c(cc2C#N)CCCC3)cc1. The van der Waals surface area contributed by atoms with Crippen LogP contribution in [0.2, 0.25) is 0 Å². The van der Waals surface area contributed by atoms with Crippen LogP contribution in [0.3, 0.4) is 0 Å². The van der Waals surface area contributed by atoms with Crippen LogP contribution in [-0.2, 0) is 12.8 Å². The van der Waals surface area contributed by atoms with Gasteiger partial charge in [-0.1, -0.05) is 11.8 Å². The molecule has 0 atom stereocenters. The van der Waals surface area contributed by atoms with Gasteiger partial charge in [-0.15, -0.1) is 0 Å². The van der Waals surface area contributed by atoms with Gasteiger partial charge in [0.1, 0.15) is 16.8 Å². The maximum absolute atomic E-state index is 12.3. The number of aromatic nitrogens is 1. The Balaban J connectivity index is 1.73. The number of hydrogen-bond acceptors (Lipinski definition) is 5. The minimum atomic E-state index is 0.0195. The summed E-state index contributed by atoms with van der Waals surface area (Å²) in [5.41, 5.74) is 3.48. The van der Waals surface area contributed by atoms with Gasteiger partial charge in [0, 0.05) is 11.3 Å². The summed E-state index contributed by atoms with van der Waals surface area (Å²) >= 11 is 1.34. The summed E-state index contributed by atoms with van der Waals surface area (Å²) in [6.07, 6.45) is 4.25. The van der Waals surface area contributed by atoms with Crippen LogP contribution in [-0.4, -0.2) is 23.6 Å². The summed E-state index contributed by atoms with van der Waals surface area (Å²) in [5.74, 6) is 1.01. The van der Waals surface area contributed by atoms with Crippen LogP contribution >= 0.6 is 11.8 Å². The van der Waals surface area contributed by atoms with E-state index in [1.807, 2.05) is 6.07 Å². The van der Waals surface area contributed by atoms with Crippen molar-refractivity contribution in [3.8, 4) is 11.8 Å². The lowest BCUT2D eigenvalue weighted by Gasteiger charge is -2.16. The number of carbonyl (C=O) groups excluding carboxylic acids is 1. The summed E-state index contributed by atoms with van der Waals surface area (Å²) in [6.45, 7) is 0. The van der Waals surface area contributed by atoms with Crippen molar-refractivity contribution in [1.29, 1.82) is 5.26 Å². The van der Waals surface area contributed by atoms with Crippen molar-refractivity contribution < 1.29 is 9.53 Å². The zero-order valence-corrected chi connectivity index (χ0v) is 14.4. The second-order valence-electron chi connectivity index (χ2n) is 5.71. The van der Waals surface area contributed by atoms with E-state index in [1.165, 1.54) is 17.3 Å². The van der Waals surface area contributed by atoms with E-state index in [1.54, 1.807) is 31.4 Å². The number of pyridine rings is 1. The molecule has 0 radical (unpaired) electrons. The number of hydrogen-bond donors (Lipinski definition) is 0. The van der Waals surface area contributed by atoms with E-state index in [4.69, 9.17) is 4.74 Å². The van der Waals surface area contributed by atoms with E-state index in [0.29, 0.717) is 16.2 Å². The molecule has 0 fully saturated rings. The summed E-state index contributed by atoms with van der Waals surface area (Å²) < 4.78 is 5.10. The van der Waals surface area contributed by atoms with Crippen LogP contribution in [0.5, 0.6) is 5.75 Å². The minimum Gasteiger partial charge on any atom is -0.497 e. The molecule has 1 heterocycles. The Morgan fingerprint density at radius 2 is 2.04 bits per heavy atom. The fourth-order valence-electron chi connectivity index (χ4n) is 2.80. The average Bonchev–Trinajstić information content (AvgIpc) is 2.65. The first-order valence-corrected chi connectivity index (χ1v) is 8.93. The first-order chi connectivity index (χ1) is 11.7. The van der Waals surface area contributed by atoms with E-state index < -0.39 is 0 Å². The highest BCUT2D eigenvalue weighted by atomic mass is 32.2. The van der Waals surface area contributed by atoms with Crippen LogP contribution in [0.15, 0.2) is 35.4 Å². The van der Waals surface area contributed by atoms with Gasteiger partial charge in [0.25, 0.3) is 0 Å². The third kappa shape index (κ3) is 3.60. The number of carbonyl (C=O) groups is 1. The second kappa shape index (κ2) is 7.50. The van der Waals surface area contributed by atoms with Crippen LogP contribution in [0, 0.1) is 11.3 Å². The molecule has 1 aliphatic carbocycles. The predicted octanol–water partition coefficient (Wildman–Crippen LogP) is 3.82. The van der Waals surface area contributed by atoms with Gasteiger partial charge in [0.05, 0.1) is 18.4 Å². The minimum absolute atomic E-state index is 0.0195. The van der Waals surface area contributed by atoms with Crippen molar-refractivity contribution in [1.82, 2.24) is 4.98 Å². The lowest BCUT2D eigenvalue weighted by Crippen LogP contribution is -2.08. The fraction of sp³-hybridized carbons (Fsp3) is 0.316. The smallest absolute Gasteiger partial charge is 0.173 e. The van der Waals surface area contributed by atoms with Crippen molar-refractivity contribution in [2.45, 2.75) is 30.7 Å². The van der Waals surface area contributed by atoms with Crippen molar-refractivity contribution in [3.63, 3.8) is 0 Å². The lowest BCUT2D eigenvalue weighted by molar-refractivity contribution is 0.102. The molecule has 0 aliphatic heterocycles. The average molecular weight is 338 g/mol. The number of rotatable bonds is 5. The maximum Gasteiger partial charge on any atom is 0.173 e. The molecule has 0 saturated heterocycles. The van der Waals surface area contributed by atoms with E-state index >= 15 is 0 Å². The normalized spacial score (nSPS) is 13.0. The fourth-order valence-corrected chi connectivity index (χ4v) is 3.67. The van der Waals surface area contributed by atoms with Crippen molar-refractivity contribution in [3.05, 3.63) is 52.7 Å². The number of thioether (sulfide) groups is 1. The van der Waals surface area contributed by atoms with Gasteiger partial charge in [-0.3, -0.25) is 4.79 Å². The Morgan fingerprint density at radius 3 is 2.75 bits per heavy atom. The molecule has 4 nitrogen and oxygen atoms in total. The third-order valence-corrected chi connectivity index (χ3v) is 5.13. The first kappa shape index (κ1) is 16.5. The number of aryl methyl sites for hydroxylation is 2. The summed E-state index contributed by atoms with van der Waals surface area (Å²) in [7, 11) is 1.60. The van der Waals surface area contributed by atoms with Gasteiger partial charge in [0.15, 0.2) is 5.78 Å². The van der Waals surface area contributed by atoms with Crippen LogP contribution in [0.25, 0.3) is 0 Å². The molecular formula is C19H18N2O2S.